The maximum Gasteiger partial charge on any atom is 0.213 e. The summed E-state index contributed by atoms with van der Waals surface area (Å²) in [7, 11) is 0. The summed E-state index contributed by atoms with van der Waals surface area (Å²) in [5.74, 6) is 3.78. The fourth-order valence-electron chi connectivity index (χ4n) is 4.09. The Hall–Kier alpha value is -2.93. The molecule has 0 N–H and O–H groups in total. The molecule has 1 atom stereocenters. The number of hydrogen-bond donors (Lipinski definition) is 0. The van der Waals surface area contributed by atoms with E-state index in [4.69, 9.17) is 9.40 Å². The first-order chi connectivity index (χ1) is 13.6. The maximum atomic E-state index is 5.77. The molecular weight excluding hydrogens is 352 g/mol. The Morgan fingerprint density at radius 1 is 1.07 bits per heavy atom. The molecule has 1 unspecified atom stereocenters. The summed E-state index contributed by atoms with van der Waals surface area (Å²) in [6.45, 7) is 9.84. The Morgan fingerprint density at radius 3 is 2.71 bits per heavy atom. The molecule has 7 heteroatoms. The molecule has 1 fully saturated rings. The molecule has 1 aliphatic rings. The van der Waals surface area contributed by atoms with Gasteiger partial charge in [0.2, 0.25) is 5.95 Å². The van der Waals surface area contributed by atoms with E-state index >= 15 is 0 Å². The second-order valence-corrected chi connectivity index (χ2v) is 7.61. The van der Waals surface area contributed by atoms with Crippen LogP contribution >= 0.6 is 0 Å². The molecule has 0 aliphatic carbocycles. The maximum absolute atomic E-state index is 5.77. The summed E-state index contributed by atoms with van der Waals surface area (Å²) >= 11 is 0. The molecule has 0 saturated carbocycles. The molecule has 1 aliphatic heterocycles. The SMILES string of the molecule is Cc1ccc(CN2CCN(c3nc4ccccc4c4nnc(C)n34)CC2C)o1. The van der Waals surface area contributed by atoms with E-state index in [2.05, 4.69) is 43.5 Å². The highest BCUT2D eigenvalue weighted by atomic mass is 16.3. The largest absolute Gasteiger partial charge is 0.465 e. The summed E-state index contributed by atoms with van der Waals surface area (Å²) in [6, 6.07) is 12.6. The third-order valence-electron chi connectivity index (χ3n) is 5.59. The monoisotopic (exact) mass is 376 g/mol. The predicted molar refractivity (Wildman–Crippen MR) is 109 cm³/mol. The van der Waals surface area contributed by atoms with Crippen molar-refractivity contribution < 1.29 is 4.42 Å². The van der Waals surface area contributed by atoms with E-state index < -0.39 is 0 Å². The van der Waals surface area contributed by atoms with Gasteiger partial charge in [-0.1, -0.05) is 12.1 Å². The van der Waals surface area contributed by atoms with Crippen molar-refractivity contribution in [3.63, 3.8) is 0 Å². The highest BCUT2D eigenvalue weighted by molar-refractivity contribution is 5.92. The van der Waals surface area contributed by atoms with Crippen LogP contribution in [0, 0.1) is 13.8 Å². The van der Waals surface area contributed by atoms with Crippen LogP contribution in [0.25, 0.3) is 16.6 Å². The van der Waals surface area contributed by atoms with E-state index in [1.807, 2.05) is 38.1 Å². The van der Waals surface area contributed by atoms with Gasteiger partial charge < -0.3 is 9.32 Å². The molecule has 0 amide bonds. The topological polar surface area (TPSA) is 62.7 Å². The predicted octanol–water partition coefficient (Wildman–Crippen LogP) is 3.20. The normalized spacial score (nSPS) is 18.4. The highest BCUT2D eigenvalue weighted by Crippen LogP contribution is 2.26. The first-order valence-corrected chi connectivity index (χ1v) is 9.75. The van der Waals surface area contributed by atoms with Crippen molar-refractivity contribution in [1.82, 2.24) is 24.5 Å². The Labute approximate surface area is 163 Å². The Bertz CT molecular complexity index is 1150. The van der Waals surface area contributed by atoms with Crippen LogP contribution in [0.5, 0.6) is 0 Å². The number of nitrogens with zero attached hydrogens (tertiary/aromatic N) is 6. The number of benzene rings is 1. The van der Waals surface area contributed by atoms with Gasteiger partial charge in [-0.2, -0.15) is 0 Å². The number of anilines is 1. The average Bonchev–Trinajstić information content (AvgIpc) is 3.29. The fourth-order valence-corrected chi connectivity index (χ4v) is 4.09. The molecule has 1 saturated heterocycles. The van der Waals surface area contributed by atoms with Gasteiger partial charge in [0, 0.05) is 31.1 Å². The van der Waals surface area contributed by atoms with Crippen LogP contribution in [-0.4, -0.2) is 50.2 Å². The van der Waals surface area contributed by atoms with E-state index in [0.29, 0.717) is 6.04 Å². The number of rotatable bonds is 3. The van der Waals surface area contributed by atoms with Crippen molar-refractivity contribution >= 4 is 22.5 Å². The van der Waals surface area contributed by atoms with Crippen molar-refractivity contribution in [1.29, 1.82) is 0 Å². The molecular formula is C21H24N6O. The van der Waals surface area contributed by atoms with Gasteiger partial charge in [-0.3, -0.25) is 4.90 Å². The van der Waals surface area contributed by atoms with Crippen LogP contribution in [0.1, 0.15) is 24.3 Å². The van der Waals surface area contributed by atoms with E-state index in [9.17, 15) is 0 Å². The van der Waals surface area contributed by atoms with Gasteiger partial charge in [-0.25, -0.2) is 9.38 Å². The minimum Gasteiger partial charge on any atom is -0.465 e. The van der Waals surface area contributed by atoms with Crippen LogP contribution < -0.4 is 4.90 Å². The molecule has 3 aromatic heterocycles. The average molecular weight is 376 g/mol. The number of piperazine rings is 1. The van der Waals surface area contributed by atoms with Crippen molar-refractivity contribution in [2.75, 3.05) is 24.5 Å². The van der Waals surface area contributed by atoms with Crippen LogP contribution in [0.3, 0.4) is 0 Å². The zero-order valence-corrected chi connectivity index (χ0v) is 16.5. The standard InChI is InChI=1S/C21H24N6O/c1-14-12-26(11-10-25(14)13-17-9-8-15(2)28-17)21-22-19-7-5-4-6-18(19)20-24-23-16(3)27(20)21/h4-9,14H,10-13H2,1-3H3. The van der Waals surface area contributed by atoms with Crippen molar-refractivity contribution in [2.45, 2.75) is 33.4 Å². The van der Waals surface area contributed by atoms with Crippen LogP contribution in [0.4, 0.5) is 5.95 Å². The number of aromatic nitrogens is 4. The molecule has 28 heavy (non-hydrogen) atoms. The molecule has 0 radical (unpaired) electrons. The summed E-state index contributed by atoms with van der Waals surface area (Å²) in [5, 5.41) is 9.77. The molecule has 144 valence electrons. The van der Waals surface area contributed by atoms with Gasteiger partial charge in [0.05, 0.1) is 12.1 Å². The number of para-hydroxylation sites is 1. The van der Waals surface area contributed by atoms with E-state index in [1.165, 1.54) is 0 Å². The van der Waals surface area contributed by atoms with E-state index in [1.54, 1.807) is 0 Å². The number of fused-ring (bicyclic) bond motifs is 3. The minimum atomic E-state index is 0.388. The highest BCUT2D eigenvalue weighted by Gasteiger charge is 2.27. The van der Waals surface area contributed by atoms with Gasteiger partial charge in [0.15, 0.2) is 5.65 Å². The van der Waals surface area contributed by atoms with Crippen molar-refractivity contribution in [3.05, 3.63) is 53.7 Å². The lowest BCUT2D eigenvalue weighted by atomic mass is 10.2. The minimum absolute atomic E-state index is 0.388. The molecule has 4 heterocycles. The summed E-state index contributed by atoms with van der Waals surface area (Å²) in [6.07, 6.45) is 0. The Kier molecular flexibility index (Phi) is 4.05. The molecule has 5 rings (SSSR count). The Balaban J connectivity index is 1.46. The first kappa shape index (κ1) is 17.2. The fraction of sp³-hybridized carbons (Fsp3) is 0.381. The van der Waals surface area contributed by atoms with Gasteiger partial charge in [0.1, 0.15) is 17.3 Å². The third-order valence-corrected chi connectivity index (χ3v) is 5.59. The summed E-state index contributed by atoms with van der Waals surface area (Å²) in [4.78, 5) is 9.79. The lowest BCUT2D eigenvalue weighted by Gasteiger charge is -2.40. The second-order valence-electron chi connectivity index (χ2n) is 7.61. The Morgan fingerprint density at radius 2 is 1.93 bits per heavy atom. The summed E-state index contributed by atoms with van der Waals surface area (Å²) in [5.41, 5.74) is 1.83. The molecule has 7 nitrogen and oxygen atoms in total. The zero-order valence-electron chi connectivity index (χ0n) is 16.5. The quantitative estimate of drug-likeness (QED) is 0.547. The van der Waals surface area contributed by atoms with Gasteiger partial charge >= 0.3 is 0 Å². The smallest absolute Gasteiger partial charge is 0.213 e. The number of furan rings is 1. The molecule has 4 aromatic rings. The first-order valence-electron chi connectivity index (χ1n) is 9.75. The van der Waals surface area contributed by atoms with Gasteiger partial charge in [0.25, 0.3) is 0 Å². The van der Waals surface area contributed by atoms with Gasteiger partial charge in [-0.15, -0.1) is 10.2 Å². The molecule has 1 aromatic carbocycles. The van der Waals surface area contributed by atoms with Crippen LogP contribution in [0.2, 0.25) is 0 Å². The number of aryl methyl sites for hydroxylation is 2. The zero-order chi connectivity index (χ0) is 19.3. The van der Waals surface area contributed by atoms with Gasteiger partial charge in [-0.05, 0) is 45.0 Å². The van der Waals surface area contributed by atoms with Crippen molar-refractivity contribution in [2.24, 2.45) is 0 Å². The second kappa shape index (κ2) is 6.60. The van der Waals surface area contributed by atoms with Crippen LogP contribution in [-0.2, 0) is 6.54 Å². The third kappa shape index (κ3) is 2.82. The lowest BCUT2D eigenvalue weighted by molar-refractivity contribution is 0.166. The molecule has 0 spiro atoms. The van der Waals surface area contributed by atoms with Crippen LogP contribution in [0.15, 0.2) is 40.8 Å². The van der Waals surface area contributed by atoms with E-state index in [-0.39, 0.29) is 0 Å². The van der Waals surface area contributed by atoms with Crippen molar-refractivity contribution in [3.8, 4) is 0 Å². The lowest BCUT2D eigenvalue weighted by Crippen LogP contribution is -2.52. The van der Waals surface area contributed by atoms with E-state index in [0.717, 1.165) is 66.0 Å². The number of hydrogen-bond acceptors (Lipinski definition) is 6. The summed E-state index contributed by atoms with van der Waals surface area (Å²) < 4.78 is 7.85. The molecule has 0 bridgehead atoms.